The first-order chi connectivity index (χ1) is 4.07. The zero-order valence-electron chi connectivity index (χ0n) is 5.98. The van der Waals surface area contributed by atoms with Crippen LogP contribution in [0, 0.1) is 5.92 Å². The molecule has 2 heteroatoms. The third kappa shape index (κ3) is 0.778. The Morgan fingerprint density at radius 3 is 2.33 bits per heavy atom. The third-order valence-corrected chi connectivity index (χ3v) is 2.53. The number of hydrogen-bond donors (Lipinski definition) is 1. The van der Waals surface area contributed by atoms with Crippen LogP contribution in [-0.4, -0.2) is 11.3 Å². The lowest BCUT2D eigenvalue weighted by atomic mass is 9.66. The molecule has 0 aromatic rings. The van der Waals surface area contributed by atoms with Gasteiger partial charge in [0.2, 0.25) is 0 Å². The zero-order chi connectivity index (χ0) is 7.07. The van der Waals surface area contributed by atoms with Gasteiger partial charge in [-0.2, -0.15) is 0 Å². The van der Waals surface area contributed by atoms with Gasteiger partial charge in [0.25, 0.3) is 0 Å². The SMILES string of the molecule is CC(=O)C1(N)CCC1C. The summed E-state index contributed by atoms with van der Waals surface area (Å²) in [6, 6.07) is 0. The predicted molar refractivity (Wildman–Crippen MR) is 36.0 cm³/mol. The fraction of sp³-hybridized carbons (Fsp3) is 0.857. The Balaban J connectivity index is 2.64. The van der Waals surface area contributed by atoms with E-state index < -0.39 is 5.54 Å². The van der Waals surface area contributed by atoms with E-state index in [2.05, 4.69) is 0 Å². The Morgan fingerprint density at radius 1 is 1.78 bits per heavy atom. The molecule has 0 aliphatic heterocycles. The predicted octanol–water partition coefficient (Wildman–Crippen LogP) is 0.703. The first-order valence-corrected chi connectivity index (χ1v) is 3.37. The number of ketones is 1. The van der Waals surface area contributed by atoms with E-state index in [4.69, 9.17) is 5.73 Å². The summed E-state index contributed by atoms with van der Waals surface area (Å²) in [6.45, 7) is 3.61. The second kappa shape index (κ2) is 1.81. The summed E-state index contributed by atoms with van der Waals surface area (Å²) in [6.07, 6.45) is 1.99. The number of nitrogens with two attached hydrogens (primary N) is 1. The van der Waals surface area contributed by atoms with E-state index in [1.54, 1.807) is 6.92 Å². The minimum absolute atomic E-state index is 0.140. The molecule has 2 unspecified atom stereocenters. The topological polar surface area (TPSA) is 43.1 Å². The minimum Gasteiger partial charge on any atom is -0.319 e. The number of rotatable bonds is 1. The van der Waals surface area contributed by atoms with Gasteiger partial charge in [-0.05, 0) is 25.7 Å². The third-order valence-electron chi connectivity index (χ3n) is 2.53. The molecule has 0 aromatic carbocycles. The van der Waals surface area contributed by atoms with Crippen molar-refractivity contribution < 1.29 is 4.79 Å². The van der Waals surface area contributed by atoms with Gasteiger partial charge < -0.3 is 5.73 Å². The van der Waals surface area contributed by atoms with Crippen LogP contribution in [0.3, 0.4) is 0 Å². The van der Waals surface area contributed by atoms with E-state index in [-0.39, 0.29) is 5.78 Å². The molecule has 9 heavy (non-hydrogen) atoms. The molecule has 0 spiro atoms. The molecule has 0 amide bonds. The van der Waals surface area contributed by atoms with Crippen molar-refractivity contribution in [2.24, 2.45) is 11.7 Å². The lowest BCUT2D eigenvalue weighted by Crippen LogP contribution is -2.58. The van der Waals surface area contributed by atoms with Crippen LogP contribution in [-0.2, 0) is 4.79 Å². The summed E-state index contributed by atoms with van der Waals surface area (Å²) in [5, 5.41) is 0. The molecule has 0 radical (unpaired) electrons. The average Bonchev–Trinajstić information content (AvgIpc) is 1.82. The first kappa shape index (κ1) is 6.75. The van der Waals surface area contributed by atoms with E-state index in [9.17, 15) is 4.79 Å². The van der Waals surface area contributed by atoms with Gasteiger partial charge in [-0.3, -0.25) is 4.79 Å². The van der Waals surface area contributed by atoms with Crippen molar-refractivity contribution in [2.75, 3.05) is 0 Å². The van der Waals surface area contributed by atoms with Crippen LogP contribution in [0.25, 0.3) is 0 Å². The van der Waals surface area contributed by atoms with Gasteiger partial charge >= 0.3 is 0 Å². The van der Waals surface area contributed by atoms with Crippen molar-refractivity contribution in [1.82, 2.24) is 0 Å². The summed E-state index contributed by atoms with van der Waals surface area (Å²) in [5.74, 6) is 0.538. The molecular formula is C7H13NO. The van der Waals surface area contributed by atoms with Crippen LogP contribution >= 0.6 is 0 Å². The largest absolute Gasteiger partial charge is 0.319 e. The number of hydrogen-bond acceptors (Lipinski definition) is 2. The maximum Gasteiger partial charge on any atom is 0.149 e. The van der Waals surface area contributed by atoms with Crippen LogP contribution in [0.4, 0.5) is 0 Å². The highest BCUT2D eigenvalue weighted by atomic mass is 16.1. The lowest BCUT2D eigenvalue weighted by molar-refractivity contribution is -0.127. The van der Waals surface area contributed by atoms with Crippen LogP contribution in [0.1, 0.15) is 26.7 Å². The Kier molecular flexibility index (Phi) is 1.35. The van der Waals surface area contributed by atoms with Crippen molar-refractivity contribution in [2.45, 2.75) is 32.2 Å². The molecule has 2 nitrogen and oxygen atoms in total. The van der Waals surface area contributed by atoms with Crippen LogP contribution in [0.2, 0.25) is 0 Å². The fourth-order valence-electron chi connectivity index (χ4n) is 1.27. The van der Waals surface area contributed by atoms with Gasteiger partial charge in [-0.1, -0.05) is 6.92 Å². The molecule has 1 aliphatic carbocycles. The zero-order valence-corrected chi connectivity index (χ0v) is 5.98. The molecule has 0 heterocycles. The number of carbonyl (C=O) groups is 1. The molecule has 1 saturated carbocycles. The van der Waals surface area contributed by atoms with E-state index in [0.717, 1.165) is 12.8 Å². The molecular weight excluding hydrogens is 114 g/mol. The van der Waals surface area contributed by atoms with Gasteiger partial charge in [0.05, 0.1) is 5.54 Å². The standard InChI is InChI=1S/C7H13NO/c1-5-3-4-7(5,8)6(2)9/h5H,3-4,8H2,1-2H3. The molecule has 0 bridgehead atoms. The highest BCUT2D eigenvalue weighted by Crippen LogP contribution is 2.36. The maximum absolute atomic E-state index is 10.8. The van der Waals surface area contributed by atoms with E-state index in [1.165, 1.54) is 0 Å². The first-order valence-electron chi connectivity index (χ1n) is 3.37. The van der Waals surface area contributed by atoms with Crippen LogP contribution < -0.4 is 5.73 Å². The molecule has 1 fully saturated rings. The van der Waals surface area contributed by atoms with Crippen molar-refractivity contribution in [3.63, 3.8) is 0 Å². The van der Waals surface area contributed by atoms with Crippen molar-refractivity contribution >= 4 is 5.78 Å². The summed E-state index contributed by atoms with van der Waals surface area (Å²) in [7, 11) is 0. The molecule has 52 valence electrons. The van der Waals surface area contributed by atoms with Gasteiger partial charge in [-0.25, -0.2) is 0 Å². The second-order valence-electron chi connectivity index (χ2n) is 3.04. The molecule has 1 rings (SSSR count). The van der Waals surface area contributed by atoms with Gasteiger partial charge in [0.1, 0.15) is 5.78 Å². The van der Waals surface area contributed by atoms with Gasteiger partial charge in [0, 0.05) is 0 Å². The highest BCUT2D eigenvalue weighted by molar-refractivity contribution is 5.87. The summed E-state index contributed by atoms with van der Waals surface area (Å²) in [4.78, 5) is 10.8. The lowest BCUT2D eigenvalue weighted by Gasteiger charge is -2.42. The van der Waals surface area contributed by atoms with Crippen molar-refractivity contribution in [1.29, 1.82) is 0 Å². The van der Waals surface area contributed by atoms with Gasteiger partial charge in [-0.15, -0.1) is 0 Å². The summed E-state index contributed by atoms with van der Waals surface area (Å²) >= 11 is 0. The number of carbonyl (C=O) groups excluding carboxylic acids is 1. The van der Waals surface area contributed by atoms with E-state index in [0.29, 0.717) is 5.92 Å². The van der Waals surface area contributed by atoms with Gasteiger partial charge in [0.15, 0.2) is 0 Å². The van der Waals surface area contributed by atoms with E-state index >= 15 is 0 Å². The highest BCUT2D eigenvalue weighted by Gasteiger charge is 2.44. The van der Waals surface area contributed by atoms with Crippen LogP contribution in [0.5, 0.6) is 0 Å². The second-order valence-corrected chi connectivity index (χ2v) is 3.04. The van der Waals surface area contributed by atoms with Crippen molar-refractivity contribution in [3.8, 4) is 0 Å². The monoisotopic (exact) mass is 127 g/mol. The molecule has 0 aromatic heterocycles. The molecule has 0 saturated heterocycles. The number of Topliss-reactive ketones (excluding diaryl/α,β-unsaturated/α-hetero) is 1. The smallest absolute Gasteiger partial charge is 0.149 e. The van der Waals surface area contributed by atoms with E-state index in [1.807, 2.05) is 6.92 Å². The Labute approximate surface area is 55.4 Å². The average molecular weight is 127 g/mol. The Hall–Kier alpha value is -0.370. The Bertz CT molecular complexity index is 144. The Morgan fingerprint density at radius 2 is 2.33 bits per heavy atom. The maximum atomic E-state index is 10.8. The molecule has 2 N–H and O–H groups in total. The molecule has 1 aliphatic rings. The van der Waals surface area contributed by atoms with Crippen molar-refractivity contribution in [3.05, 3.63) is 0 Å². The normalized spacial score (nSPS) is 41.9. The quantitative estimate of drug-likeness (QED) is 0.563. The van der Waals surface area contributed by atoms with Crippen LogP contribution in [0.15, 0.2) is 0 Å². The fourth-order valence-corrected chi connectivity index (χ4v) is 1.27. The minimum atomic E-state index is -0.458. The summed E-state index contributed by atoms with van der Waals surface area (Å²) in [5.41, 5.74) is 5.28. The summed E-state index contributed by atoms with van der Waals surface area (Å²) < 4.78 is 0. The molecule has 2 atom stereocenters.